The van der Waals surface area contributed by atoms with E-state index < -0.39 is 23.9 Å². The van der Waals surface area contributed by atoms with E-state index in [-0.39, 0.29) is 17.4 Å². The fourth-order valence-corrected chi connectivity index (χ4v) is 1.75. The molecule has 1 unspecified atom stereocenters. The van der Waals surface area contributed by atoms with Crippen LogP contribution in [-0.2, 0) is 4.79 Å². The van der Waals surface area contributed by atoms with Crippen molar-refractivity contribution in [1.82, 2.24) is 5.32 Å². The Kier molecular flexibility index (Phi) is 5.95. The van der Waals surface area contributed by atoms with E-state index in [2.05, 4.69) is 10.6 Å². The molecule has 1 aromatic carbocycles. The van der Waals surface area contributed by atoms with Crippen LogP contribution in [0.15, 0.2) is 18.2 Å². The van der Waals surface area contributed by atoms with Gasteiger partial charge in [0.2, 0.25) is 0 Å². The molecule has 21 heavy (non-hydrogen) atoms. The normalized spacial score (nSPS) is 13.1. The lowest BCUT2D eigenvalue weighted by Crippen LogP contribution is -2.46. The summed E-state index contributed by atoms with van der Waals surface area (Å²) in [6, 6.07) is 1.95. The molecule has 0 bridgehead atoms. The maximum absolute atomic E-state index is 13.1. The number of hydrogen-bond donors (Lipinski definition) is 3. The maximum atomic E-state index is 13.1. The predicted octanol–water partition coefficient (Wildman–Crippen LogP) is 2.46. The minimum atomic E-state index is -1.11. The number of benzene rings is 1. The highest BCUT2D eigenvalue weighted by atomic mass is 19.1. The van der Waals surface area contributed by atoms with Crippen molar-refractivity contribution in [3.63, 3.8) is 0 Å². The molecule has 0 spiro atoms. The number of carbonyl (C=O) groups is 2. The van der Waals surface area contributed by atoms with Gasteiger partial charge in [0, 0.05) is 6.07 Å². The van der Waals surface area contributed by atoms with Crippen LogP contribution in [0.5, 0.6) is 5.75 Å². The van der Waals surface area contributed by atoms with Crippen molar-refractivity contribution < 1.29 is 23.8 Å². The van der Waals surface area contributed by atoms with Crippen LogP contribution < -0.4 is 15.4 Å². The molecule has 0 aliphatic heterocycles. The van der Waals surface area contributed by atoms with Crippen molar-refractivity contribution in [3.8, 4) is 5.75 Å². The highest BCUT2D eigenvalue weighted by Crippen LogP contribution is 2.24. The number of hydrogen-bond acceptors (Lipinski definition) is 3. The summed E-state index contributed by atoms with van der Waals surface area (Å²) in [5, 5.41) is 13.9. The number of ether oxygens (including phenoxy) is 1. The standard InChI is InChI=1S/C14H19FN2O4/c1-4-8(2)12(13(18)19)17-14(20)16-10-6-5-9(15)7-11(10)21-3/h5-8,12H,4H2,1-3H3,(H,18,19)(H2,16,17,20)/t8?,12-/m0/s1. The van der Waals surface area contributed by atoms with E-state index in [1.54, 1.807) is 6.92 Å². The number of amides is 2. The second-order valence-electron chi connectivity index (χ2n) is 4.64. The summed E-state index contributed by atoms with van der Waals surface area (Å²) in [6.45, 7) is 3.57. The molecular weight excluding hydrogens is 279 g/mol. The number of rotatable bonds is 6. The zero-order valence-electron chi connectivity index (χ0n) is 12.1. The van der Waals surface area contributed by atoms with Crippen LogP contribution >= 0.6 is 0 Å². The zero-order valence-corrected chi connectivity index (χ0v) is 12.1. The third-order valence-electron chi connectivity index (χ3n) is 3.18. The molecule has 0 radical (unpaired) electrons. The van der Waals surface area contributed by atoms with Gasteiger partial charge in [-0.1, -0.05) is 20.3 Å². The Balaban J connectivity index is 2.79. The quantitative estimate of drug-likeness (QED) is 0.752. The highest BCUT2D eigenvalue weighted by molar-refractivity contribution is 5.93. The van der Waals surface area contributed by atoms with Crippen LogP contribution in [0.25, 0.3) is 0 Å². The van der Waals surface area contributed by atoms with Crippen molar-refractivity contribution in [2.45, 2.75) is 26.3 Å². The first-order chi connectivity index (χ1) is 9.88. The van der Waals surface area contributed by atoms with Gasteiger partial charge in [0.05, 0.1) is 12.8 Å². The van der Waals surface area contributed by atoms with Crippen LogP contribution in [-0.4, -0.2) is 30.3 Å². The molecule has 116 valence electrons. The van der Waals surface area contributed by atoms with E-state index in [1.807, 2.05) is 6.92 Å². The molecule has 7 heteroatoms. The molecule has 1 aromatic rings. The molecule has 0 saturated heterocycles. The molecule has 2 atom stereocenters. The van der Waals surface area contributed by atoms with Crippen LogP contribution in [0, 0.1) is 11.7 Å². The van der Waals surface area contributed by atoms with Gasteiger partial charge < -0.3 is 20.5 Å². The van der Waals surface area contributed by atoms with Gasteiger partial charge in [0.1, 0.15) is 17.6 Å². The summed E-state index contributed by atoms with van der Waals surface area (Å²) in [4.78, 5) is 23.0. The monoisotopic (exact) mass is 298 g/mol. The summed E-state index contributed by atoms with van der Waals surface area (Å²) in [5.41, 5.74) is 0.254. The Hall–Kier alpha value is -2.31. The first kappa shape index (κ1) is 16.7. The number of anilines is 1. The molecule has 0 aromatic heterocycles. The summed E-state index contributed by atoms with van der Waals surface area (Å²) < 4.78 is 18.0. The number of nitrogens with one attached hydrogen (secondary N) is 2. The van der Waals surface area contributed by atoms with Gasteiger partial charge in [0.15, 0.2) is 0 Å². The Morgan fingerprint density at radius 3 is 2.62 bits per heavy atom. The minimum absolute atomic E-state index is 0.153. The summed E-state index contributed by atoms with van der Waals surface area (Å²) in [7, 11) is 1.34. The second kappa shape index (κ2) is 7.47. The topological polar surface area (TPSA) is 87.7 Å². The number of methoxy groups -OCH3 is 1. The smallest absolute Gasteiger partial charge is 0.326 e. The number of carboxylic acid groups (broad SMARTS) is 1. The lowest BCUT2D eigenvalue weighted by molar-refractivity contribution is -0.140. The van der Waals surface area contributed by atoms with Gasteiger partial charge in [-0.2, -0.15) is 0 Å². The van der Waals surface area contributed by atoms with Crippen LogP contribution in [0.4, 0.5) is 14.9 Å². The van der Waals surface area contributed by atoms with Gasteiger partial charge in [-0.3, -0.25) is 0 Å². The van der Waals surface area contributed by atoms with Crippen molar-refractivity contribution in [2.24, 2.45) is 5.92 Å². The van der Waals surface area contributed by atoms with E-state index in [9.17, 15) is 14.0 Å². The average molecular weight is 298 g/mol. The minimum Gasteiger partial charge on any atom is -0.494 e. The van der Waals surface area contributed by atoms with Crippen LogP contribution in [0.3, 0.4) is 0 Å². The lowest BCUT2D eigenvalue weighted by Gasteiger charge is -2.20. The number of urea groups is 1. The average Bonchev–Trinajstić information content (AvgIpc) is 2.45. The highest BCUT2D eigenvalue weighted by Gasteiger charge is 2.25. The van der Waals surface area contributed by atoms with E-state index in [0.29, 0.717) is 6.42 Å². The van der Waals surface area contributed by atoms with E-state index in [0.717, 1.165) is 6.07 Å². The Labute approximate surface area is 122 Å². The van der Waals surface area contributed by atoms with Crippen molar-refractivity contribution in [3.05, 3.63) is 24.0 Å². The van der Waals surface area contributed by atoms with Gasteiger partial charge in [-0.15, -0.1) is 0 Å². The molecule has 0 aliphatic rings. The summed E-state index contributed by atoms with van der Waals surface area (Å²) in [6.07, 6.45) is 0.608. The Bertz CT molecular complexity index is 522. The summed E-state index contributed by atoms with van der Waals surface area (Å²) >= 11 is 0. The third kappa shape index (κ3) is 4.62. The molecule has 0 fully saturated rings. The molecule has 0 saturated carbocycles. The zero-order chi connectivity index (χ0) is 16.0. The molecule has 0 aliphatic carbocycles. The maximum Gasteiger partial charge on any atom is 0.326 e. The van der Waals surface area contributed by atoms with E-state index in [1.165, 1.54) is 19.2 Å². The Morgan fingerprint density at radius 1 is 1.43 bits per heavy atom. The van der Waals surface area contributed by atoms with Crippen molar-refractivity contribution in [1.29, 1.82) is 0 Å². The first-order valence-electron chi connectivity index (χ1n) is 6.52. The number of aliphatic carboxylic acids is 1. The van der Waals surface area contributed by atoms with Gasteiger partial charge >= 0.3 is 12.0 Å². The van der Waals surface area contributed by atoms with Crippen molar-refractivity contribution in [2.75, 3.05) is 12.4 Å². The lowest BCUT2D eigenvalue weighted by atomic mass is 9.99. The molecule has 1 rings (SSSR count). The van der Waals surface area contributed by atoms with Crippen LogP contribution in [0.1, 0.15) is 20.3 Å². The first-order valence-corrected chi connectivity index (χ1v) is 6.52. The Morgan fingerprint density at radius 2 is 2.10 bits per heavy atom. The fourth-order valence-electron chi connectivity index (χ4n) is 1.75. The van der Waals surface area contributed by atoms with Gasteiger partial charge in [0.25, 0.3) is 0 Å². The molecule has 0 heterocycles. The van der Waals surface area contributed by atoms with E-state index in [4.69, 9.17) is 9.84 Å². The van der Waals surface area contributed by atoms with Gasteiger partial charge in [-0.05, 0) is 18.1 Å². The second-order valence-corrected chi connectivity index (χ2v) is 4.64. The molecule has 3 N–H and O–H groups in total. The number of halogens is 1. The van der Waals surface area contributed by atoms with Gasteiger partial charge in [-0.25, -0.2) is 14.0 Å². The molecular formula is C14H19FN2O4. The number of carboxylic acids is 1. The SMILES string of the molecule is CCC(C)[C@H](NC(=O)Nc1ccc(F)cc1OC)C(=O)O. The number of carbonyl (C=O) groups excluding carboxylic acids is 1. The van der Waals surface area contributed by atoms with Crippen LogP contribution in [0.2, 0.25) is 0 Å². The third-order valence-corrected chi connectivity index (χ3v) is 3.18. The van der Waals surface area contributed by atoms with E-state index >= 15 is 0 Å². The molecule has 2 amide bonds. The predicted molar refractivity (Wildman–Crippen MR) is 76.0 cm³/mol. The fraction of sp³-hybridized carbons (Fsp3) is 0.429. The molecule has 6 nitrogen and oxygen atoms in total. The summed E-state index contributed by atoms with van der Waals surface area (Å²) in [5.74, 6) is -1.67. The largest absolute Gasteiger partial charge is 0.494 e. The van der Waals surface area contributed by atoms with Crippen molar-refractivity contribution >= 4 is 17.7 Å².